The maximum atomic E-state index is 13.0. The lowest BCUT2D eigenvalue weighted by Gasteiger charge is -2.06. The molecule has 0 aliphatic heterocycles. The number of thiazole rings is 1. The zero-order valence-electron chi connectivity index (χ0n) is 15.5. The van der Waals surface area contributed by atoms with Crippen LogP contribution in [0.25, 0.3) is 11.0 Å². The Bertz CT molecular complexity index is 1310. The van der Waals surface area contributed by atoms with Crippen LogP contribution in [-0.2, 0) is 6.42 Å². The molecule has 0 aliphatic rings. The Balaban J connectivity index is 1.85. The van der Waals surface area contributed by atoms with Crippen molar-refractivity contribution in [3.05, 3.63) is 102 Å². The minimum absolute atomic E-state index is 0.157. The quantitative estimate of drug-likeness (QED) is 0.537. The van der Waals surface area contributed by atoms with Gasteiger partial charge in [-0.3, -0.25) is 14.0 Å². The first kappa shape index (κ1) is 18.1. The summed E-state index contributed by atoms with van der Waals surface area (Å²) in [5.41, 5.74) is 2.66. The van der Waals surface area contributed by atoms with E-state index < -0.39 is 0 Å². The Labute approximate surface area is 165 Å². The number of hydrogen-bond donors (Lipinski definition) is 0. The van der Waals surface area contributed by atoms with E-state index in [0.29, 0.717) is 27.2 Å². The molecule has 0 spiro atoms. The average Bonchev–Trinajstić information content (AvgIpc) is 3.01. The summed E-state index contributed by atoms with van der Waals surface area (Å²) in [5.74, 6) is 0.754. The van der Waals surface area contributed by atoms with Gasteiger partial charge in [0.2, 0.25) is 4.96 Å². The summed E-state index contributed by atoms with van der Waals surface area (Å²) >= 11 is 1.22. The van der Waals surface area contributed by atoms with Gasteiger partial charge in [-0.05, 0) is 36.3 Å². The fourth-order valence-corrected chi connectivity index (χ4v) is 4.15. The van der Waals surface area contributed by atoms with Crippen molar-refractivity contribution in [1.29, 1.82) is 0 Å². The SMILES string of the molecule is COc1ccc(/C=c2\sc3nc(=O)c(Cc4ccccc4)c(C)n3c2=O)cc1. The van der Waals surface area contributed by atoms with Crippen LogP contribution in [0.4, 0.5) is 0 Å². The van der Waals surface area contributed by atoms with Crippen LogP contribution in [0.1, 0.15) is 22.4 Å². The zero-order valence-corrected chi connectivity index (χ0v) is 16.3. The molecule has 2 aromatic carbocycles. The highest BCUT2D eigenvalue weighted by molar-refractivity contribution is 7.15. The lowest BCUT2D eigenvalue weighted by molar-refractivity contribution is 0.415. The Morgan fingerprint density at radius 3 is 2.46 bits per heavy atom. The number of aryl methyl sites for hydroxylation is 1. The Hall–Kier alpha value is -3.25. The first-order chi connectivity index (χ1) is 13.6. The van der Waals surface area contributed by atoms with Crippen molar-refractivity contribution in [2.75, 3.05) is 7.11 Å². The van der Waals surface area contributed by atoms with Crippen LogP contribution >= 0.6 is 11.3 Å². The average molecular weight is 390 g/mol. The molecule has 0 fully saturated rings. The van der Waals surface area contributed by atoms with E-state index in [-0.39, 0.29) is 11.1 Å². The number of ether oxygens (including phenoxy) is 1. The number of benzene rings is 2. The van der Waals surface area contributed by atoms with Crippen molar-refractivity contribution in [2.45, 2.75) is 13.3 Å². The molecule has 0 amide bonds. The summed E-state index contributed by atoms with van der Waals surface area (Å²) in [6.45, 7) is 1.81. The zero-order chi connectivity index (χ0) is 19.7. The van der Waals surface area contributed by atoms with Gasteiger partial charge in [0.05, 0.1) is 11.6 Å². The molecule has 6 heteroatoms. The normalized spacial score (nSPS) is 11.9. The van der Waals surface area contributed by atoms with Gasteiger partial charge in [0, 0.05) is 17.7 Å². The monoisotopic (exact) mass is 390 g/mol. The maximum absolute atomic E-state index is 13.0. The predicted molar refractivity (Wildman–Crippen MR) is 111 cm³/mol. The molecule has 2 heterocycles. The van der Waals surface area contributed by atoms with Crippen LogP contribution < -0.4 is 20.4 Å². The Morgan fingerprint density at radius 1 is 1.07 bits per heavy atom. The standard InChI is InChI=1S/C22H18N2O3S/c1-14-18(12-15-6-4-3-5-7-15)20(25)23-22-24(14)21(26)19(28-22)13-16-8-10-17(27-2)11-9-16/h3-11,13H,12H2,1-2H3/b19-13-. The van der Waals surface area contributed by atoms with E-state index in [1.165, 1.54) is 11.3 Å². The third-order valence-electron chi connectivity index (χ3n) is 4.67. The lowest BCUT2D eigenvalue weighted by atomic mass is 10.1. The van der Waals surface area contributed by atoms with Crippen molar-refractivity contribution in [1.82, 2.24) is 9.38 Å². The molecular weight excluding hydrogens is 372 g/mol. The van der Waals surface area contributed by atoms with Crippen LogP contribution in [0, 0.1) is 6.92 Å². The second kappa shape index (κ2) is 7.40. The second-order valence-electron chi connectivity index (χ2n) is 6.45. The van der Waals surface area contributed by atoms with Crippen LogP contribution in [0.2, 0.25) is 0 Å². The number of methoxy groups -OCH3 is 1. The molecule has 0 aliphatic carbocycles. The summed E-state index contributed by atoms with van der Waals surface area (Å²) in [6, 6.07) is 17.2. The van der Waals surface area contributed by atoms with Crippen molar-refractivity contribution in [3.8, 4) is 5.75 Å². The van der Waals surface area contributed by atoms with Gasteiger partial charge in [-0.15, -0.1) is 0 Å². The van der Waals surface area contributed by atoms with Gasteiger partial charge in [0.15, 0.2) is 0 Å². The maximum Gasteiger partial charge on any atom is 0.277 e. The number of aromatic nitrogens is 2. The van der Waals surface area contributed by atoms with E-state index in [9.17, 15) is 9.59 Å². The summed E-state index contributed by atoms with van der Waals surface area (Å²) < 4.78 is 7.24. The molecule has 0 unspecified atom stereocenters. The number of hydrogen-bond acceptors (Lipinski definition) is 5. The topological polar surface area (TPSA) is 60.7 Å². The molecule has 0 radical (unpaired) electrons. The molecule has 0 N–H and O–H groups in total. The highest BCUT2D eigenvalue weighted by Gasteiger charge is 2.14. The van der Waals surface area contributed by atoms with E-state index in [1.807, 2.05) is 60.7 Å². The van der Waals surface area contributed by atoms with Crippen LogP contribution in [0.3, 0.4) is 0 Å². The number of rotatable bonds is 4. The predicted octanol–water partition coefficient (Wildman–Crippen LogP) is 2.57. The molecule has 4 rings (SSSR count). The molecule has 0 atom stereocenters. The smallest absolute Gasteiger partial charge is 0.277 e. The van der Waals surface area contributed by atoms with Gasteiger partial charge in [-0.1, -0.05) is 53.8 Å². The van der Waals surface area contributed by atoms with E-state index in [1.54, 1.807) is 18.4 Å². The van der Waals surface area contributed by atoms with Crippen molar-refractivity contribution in [3.63, 3.8) is 0 Å². The van der Waals surface area contributed by atoms with Crippen LogP contribution in [0.5, 0.6) is 5.75 Å². The Morgan fingerprint density at radius 2 is 1.79 bits per heavy atom. The van der Waals surface area contributed by atoms with Gasteiger partial charge in [-0.2, -0.15) is 4.98 Å². The molecule has 140 valence electrons. The van der Waals surface area contributed by atoms with E-state index in [2.05, 4.69) is 4.98 Å². The third kappa shape index (κ3) is 3.34. The first-order valence-corrected chi connectivity index (χ1v) is 9.63. The summed E-state index contributed by atoms with van der Waals surface area (Å²) in [5, 5.41) is 0. The molecule has 0 saturated carbocycles. The molecular formula is C22H18N2O3S. The van der Waals surface area contributed by atoms with Gasteiger partial charge in [0.25, 0.3) is 11.1 Å². The fraction of sp³-hybridized carbons (Fsp3) is 0.136. The minimum Gasteiger partial charge on any atom is -0.497 e. The van der Waals surface area contributed by atoms with E-state index in [4.69, 9.17) is 4.74 Å². The summed E-state index contributed by atoms with van der Waals surface area (Å²) in [6.07, 6.45) is 2.26. The Kier molecular flexibility index (Phi) is 4.79. The molecule has 2 aromatic heterocycles. The summed E-state index contributed by atoms with van der Waals surface area (Å²) in [7, 11) is 1.61. The molecule has 5 nitrogen and oxygen atoms in total. The molecule has 0 bridgehead atoms. The van der Waals surface area contributed by atoms with Gasteiger partial charge >= 0.3 is 0 Å². The molecule has 28 heavy (non-hydrogen) atoms. The van der Waals surface area contributed by atoms with Crippen molar-refractivity contribution < 1.29 is 4.74 Å². The van der Waals surface area contributed by atoms with Gasteiger partial charge in [-0.25, -0.2) is 0 Å². The van der Waals surface area contributed by atoms with E-state index in [0.717, 1.165) is 16.9 Å². The largest absolute Gasteiger partial charge is 0.497 e. The second-order valence-corrected chi connectivity index (χ2v) is 7.46. The first-order valence-electron chi connectivity index (χ1n) is 8.81. The van der Waals surface area contributed by atoms with Gasteiger partial charge in [0.1, 0.15) is 5.75 Å². The summed E-state index contributed by atoms with van der Waals surface area (Å²) in [4.78, 5) is 30.1. The van der Waals surface area contributed by atoms with Gasteiger partial charge < -0.3 is 4.74 Å². The number of fused-ring (bicyclic) bond motifs is 1. The number of nitrogens with zero attached hydrogens (tertiary/aromatic N) is 2. The van der Waals surface area contributed by atoms with Crippen LogP contribution in [-0.4, -0.2) is 16.5 Å². The molecule has 4 aromatic rings. The minimum atomic E-state index is -0.279. The fourth-order valence-electron chi connectivity index (χ4n) is 3.14. The molecule has 0 saturated heterocycles. The van der Waals surface area contributed by atoms with Crippen LogP contribution in [0.15, 0.2) is 64.2 Å². The third-order valence-corrected chi connectivity index (χ3v) is 5.64. The van der Waals surface area contributed by atoms with Crippen molar-refractivity contribution >= 4 is 22.4 Å². The lowest BCUT2D eigenvalue weighted by Crippen LogP contribution is -2.27. The van der Waals surface area contributed by atoms with Crippen molar-refractivity contribution in [2.24, 2.45) is 0 Å². The van der Waals surface area contributed by atoms with E-state index >= 15 is 0 Å². The highest BCUT2D eigenvalue weighted by Crippen LogP contribution is 2.13. The highest BCUT2D eigenvalue weighted by atomic mass is 32.1.